The predicted molar refractivity (Wildman–Crippen MR) is 57.0 cm³/mol. The fraction of sp³-hybridized carbons (Fsp3) is 1.00. The highest BCUT2D eigenvalue weighted by Gasteiger charge is 2.43. The van der Waals surface area contributed by atoms with Crippen LogP contribution in [-0.2, 0) is 4.74 Å². The van der Waals surface area contributed by atoms with Crippen molar-refractivity contribution in [1.82, 2.24) is 0 Å². The summed E-state index contributed by atoms with van der Waals surface area (Å²) in [5.41, 5.74) is 5.70. The second-order valence-corrected chi connectivity index (χ2v) is 4.67. The number of aliphatic hydroxyl groups excluding tert-OH is 1. The second-order valence-electron chi connectivity index (χ2n) is 4.67. The largest absolute Gasteiger partial charge is 0.396 e. The zero-order chi connectivity index (χ0) is 10.6. The minimum atomic E-state index is -0.0606. The Kier molecular flexibility index (Phi) is 4.35. The molecule has 3 nitrogen and oxygen atoms in total. The zero-order valence-electron chi connectivity index (χ0n) is 9.33. The molecule has 3 N–H and O–H groups in total. The van der Waals surface area contributed by atoms with Crippen molar-refractivity contribution < 1.29 is 9.84 Å². The molecule has 1 aliphatic rings. The van der Waals surface area contributed by atoms with Crippen LogP contribution in [0.3, 0.4) is 0 Å². The van der Waals surface area contributed by atoms with Gasteiger partial charge < -0.3 is 15.6 Å². The van der Waals surface area contributed by atoms with Crippen LogP contribution in [0.15, 0.2) is 0 Å². The van der Waals surface area contributed by atoms with E-state index in [1.54, 1.807) is 0 Å². The van der Waals surface area contributed by atoms with Crippen molar-refractivity contribution in [2.45, 2.75) is 39.2 Å². The Balaban J connectivity index is 2.34. The van der Waals surface area contributed by atoms with Gasteiger partial charge in [-0.3, -0.25) is 0 Å². The number of aliphatic hydroxyl groups is 1. The predicted octanol–water partition coefficient (Wildman–Crippen LogP) is 1.15. The molecule has 1 saturated carbocycles. The highest BCUT2D eigenvalue weighted by molar-refractivity contribution is 4.94. The van der Waals surface area contributed by atoms with E-state index < -0.39 is 0 Å². The lowest BCUT2D eigenvalue weighted by Crippen LogP contribution is -2.37. The lowest BCUT2D eigenvalue weighted by Gasteiger charge is -2.30. The molecule has 0 bridgehead atoms. The summed E-state index contributed by atoms with van der Waals surface area (Å²) in [7, 11) is 0. The van der Waals surface area contributed by atoms with Crippen molar-refractivity contribution in [3.05, 3.63) is 0 Å². The van der Waals surface area contributed by atoms with Crippen LogP contribution >= 0.6 is 0 Å². The number of rotatable bonds is 7. The summed E-state index contributed by atoms with van der Waals surface area (Å²) in [4.78, 5) is 0. The maximum atomic E-state index is 9.42. The molecule has 3 heteroatoms. The summed E-state index contributed by atoms with van der Waals surface area (Å²) in [5, 5.41) is 9.42. The van der Waals surface area contributed by atoms with Crippen molar-refractivity contribution in [2.24, 2.45) is 17.1 Å². The molecule has 84 valence electrons. The van der Waals surface area contributed by atoms with Crippen LogP contribution in [0.25, 0.3) is 0 Å². The molecule has 0 spiro atoms. The summed E-state index contributed by atoms with van der Waals surface area (Å²) in [5.74, 6) is 0.633. The van der Waals surface area contributed by atoms with Crippen molar-refractivity contribution in [3.63, 3.8) is 0 Å². The topological polar surface area (TPSA) is 55.5 Å². The molecular weight excluding hydrogens is 178 g/mol. The standard InChI is InChI=1S/C11H23NO2/c1-9(2)14-6-5-11(7-12,8-13)10-3-4-10/h9-10,13H,3-8,12H2,1-2H3. The van der Waals surface area contributed by atoms with Gasteiger partial charge in [0.05, 0.1) is 12.7 Å². The van der Waals surface area contributed by atoms with E-state index in [0.717, 1.165) is 6.42 Å². The molecule has 0 aromatic carbocycles. The second kappa shape index (κ2) is 5.10. The highest BCUT2D eigenvalue weighted by Crippen LogP contribution is 2.46. The molecule has 0 saturated heterocycles. The monoisotopic (exact) mass is 201 g/mol. The lowest BCUT2D eigenvalue weighted by molar-refractivity contribution is 0.0235. The molecule has 0 radical (unpaired) electrons. The number of hydrogen-bond acceptors (Lipinski definition) is 3. The molecule has 0 aromatic heterocycles. The molecule has 1 rings (SSSR count). The number of nitrogens with two attached hydrogens (primary N) is 1. The first-order chi connectivity index (χ1) is 6.64. The van der Waals surface area contributed by atoms with Gasteiger partial charge in [0.1, 0.15) is 0 Å². The summed E-state index contributed by atoms with van der Waals surface area (Å²) >= 11 is 0. The fourth-order valence-corrected chi connectivity index (χ4v) is 1.94. The third kappa shape index (κ3) is 2.94. The van der Waals surface area contributed by atoms with E-state index in [0.29, 0.717) is 19.1 Å². The average Bonchev–Trinajstić information content (AvgIpc) is 2.96. The van der Waals surface area contributed by atoms with E-state index in [4.69, 9.17) is 10.5 Å². The van der Waals surface area contributed by atoms with Gasteiger partial charge >= 0.3 is 0 Å². The number of ether oxygens (including phenoxy) is 1. The highest BCUT2D eigenvalue weighted by atomic mass is 16.5. The summed E-state index contributed by atoms with van der Waals surface area (Å²) in [6, 6.07) is 0. The molecular formula is C11H23NO2. The molecule has 1 unspecified atom stereocenters. The molecule has 0 aromatic rings. The molecule has 0 amide bonds. The number of hydrogen-bond donors (Lipinski definition) is 2. The van der Waals surface area contributed by atoms with Crippen molar-refractivity contribution in [2.75, 3.05) is 19.8 Å². The van der Waals surface area contributed by atoms with Crippen molar-refractivity contribution in [3.8, 4) is 0 Å². The van der Waals surface area contributed by atoms with Crippen molar-refractivity contribution in [1.29, 1.82) is 0 Å². The van der Waals surface area contributed by atoms with E-state index in [2.05, 4.69) is 0 Å². The summed E-state index contributed by atoms with van der Waals surface area (Å²) < 4.78 is 5.51. The molecule has 1 fully saturated rings. The van der Waals surface area contributed by atoms with E-state index >= 15 is 0 Å². The summed E-state index contributed by atoms with van der Waals surface area (Å²) in [6.07, 6.45) is 3.60. The normalized spacial score (nSPS) is 21.2. The van der Waals surface area contributed by atoms with Crippen LogP contribution in [-0.4, -0.2) is 31.0 Å². The minimum Gasteiger partial charge on any atom is -0.396 e. The molecule has 14 heavy (non-hydrogen) atoms. The lowest BCUT2D eigenvalue weighted by atomic mass is 9.80. The van der Waals surface area contributed by atoms with Crippen LogP contribution in [0, 0.1) is 11.3 Å². The van der Waals surface area contributed by atoms with E-state index in [1.807, 2.05) is 13.8 Å². The smallest absolute Gasteiger partial charge is 0.0518 e. The third-order valence-electron chi connectivity index (χ3n) is 3.22. The van der Waals surface area contributed by atoms with Crippen LogP contribution < -0.4 is 5.73 Å². The Morgan fingerprint density at radius 2 is 2.14 bits per heavy atom. The minimum absolute atomic E-state index is 0.0606. The van der Waals surface area contributed by atoms with E-state index in [-0.39, 0.29) is 18.1 Å². The Hall–Kier alpha value is -0.120. The van der Waals surface area contributed by atoms with E-state index in [9.17, 15) is 5.11 Å². The fourth-order valence-electron chi connectivity index (χ4n) is 1.94. The van der Waals surface area contributed by atoms with Gasteiger partial charge in [0.2, 0.25) is 0 Å². The van der Waals surface area contributed by atoms with Crippen LogP contribution in [0.1, 0.15) is 33.1 Å². The van der Waals surface area contributed by atoms with Gasteiger partial charge in [0, 0.05) is 18.6 Å². The zero-order valence-corrected chi connectivity index (χ0v) is 9.33. The molecule has 0 heterocycles. The first kappa shape index (κ1) is 12.0. The quantitative estimate of drug-likeness (QED) is 0.649. The Morgan fingerprint density at radius 1 is 1.50 bits per heavy atom. The van der Waals surface area contributed by atoms with Gasteiger partial charge in [-0.1, -0.05) is 0 Å². The third-order valence-corrected chi connectivity index (χ3v) is 3.22. The van der Waals surface area contributed by atoms with Gasteiger partial charge in [-0.15, -0.1) is 0 Å². The SMILES string of the molecule is CC(C)OCCC(CN)(CO)C1CC1. The van der Waals surface area contributed by atoms with Gasteiger partial charge in [-0.25, -0.2) is 0 Å². The van der Waals surface area contributed by atoms with Gasteiger partial charge in [-0.2, -0.15) is 0 Å². The van der Waals surface area contributed by atoms with Crippen LogP contribution in [0.5, 0.6) is 0 Å². The van der Waals surface area contributed by atoms with Gasteiger partial charge in [0.25, 0.3) is 0 Å². The average molecular weight is 201 g/mol. The Labute approximate surface area is 86.6 Å². The first-order valence-corrected chi connectivity index (χ1v) is 5.57. The molecule has 1 aliphatic carbocycles. The molecule has 0 aliphatic heterocycles. The summed E-state index contributed by atoms with van der Waals surface area (Å²) in [6.45, 7) is 5.55. The van der Waals surface area contributed by atoms with Gasteiger partial charge in [0.15, 0.2) is 0 Å². The molecule has 1 atom stereocenters. The van der Waals surface area contributed by atoms with Crippen molar-refractivity contribution >= 4 is 0 Å². The maximum Gasteiger partial charge on any atom is 0.0518 e. The van der Waals surface area contributed by atoms with Crippen LogP contribution in [0.4, 0.5) is 0 Å². The van der Waals surface area contributed by atoms with Gasteiger partial charge in [-0.05, 0) is 39.0 Å². The van der Waals surface area contributed by atoms with E-state index in [1.165, 1.54) is 12.8 Å². The maximum absolute atomic E-state index is 9.42. The van der Waals surface area contributed by atoms with Crippen LogP contribution in [0.2, 0.25) is 0 Å². The Bertz CT molecular complexity index is 163. The first-order valence-electron chi connectivity index (χ1n) is 5.57. The Morgan fingerprint density at radius 3 is 2.50 bits per heavy atom.